The molecule has 0 aliphatic rings. The zero-order valence-corrected chi connectivity index (χ0v) is 19.9. The molecule has 6 nitrogen and oxygen atoms in total. The maximum Gasteiger partial charge on any atom is 0.341 e. The van der Waals surface area contributed by atoms with E-state index in [2.05, 4.69) is 10.6 Å². The summed E-state index contributed by atoms with van der Waals surface area (Å²) in [7, 11) is 0. The minimum atomic E-state index is -1.96. The van der Waals surface area contributed by atoms with E-state index in [1.54, 1.807) is 38.1 Å². The molecule has 0 saturated heterocycles. The van der Waals surface area contributed by atoms with Crippen molar-refractivity contribution in [3.63, 3.8) is 0 Å². The third-order valence-corrected chi connectivity index (χ3v) is 6.12. The fourth-order valence-corrected chi connectivity index (χ4v) is 4.10. The van der Waals surface area contributed by atoms with Crippen LogP contribution in [0.5, 0.6) is 0 Å². The van der Waals surface area contributed by atoms with Crippen molar-refractivity contribution in [2.24, 2.45) is 0 Å². The van der Waals surface area contributed by atoms with Crippen molar-refractivity contribution in [3.8, 4) is 0 Å². The van der Waals surface area contributed by atoms with Crippen LogP contribution in [-0.4, -0.2) is 34.2 Å². The maximum absolute atomic E-state index is 12.6. The van der Waals surface area contributed by atoms with Gasteiger partial charge < -0.3 is 15.4 Å². The second-order valence-corrected chi connectivity index (χ2v) is 9.88. The van der Waals surface area contributed by atoms with Gasteiger partial charge in [0.15, 0.2) is 5.78 Å². The van der Waals surface area contributed by atoms with Crippen molar-refractivity contribution >= 4 is 68.8 Å². The van der Waals surface area contributed by atoms with Gasteiger partial charge in [-0.05, 0) is 45.4 Å². The summed E-state index contributed by atoms with van der Waals surface area (Å²) >= 11 is 19.3. The third-order valence-electron chi connectivity index (χ3n) is 4.14. The number of Topliss-reactive ketones (excluding diaryl/α,β-unsaturated/α-hetero) is 1. The van der Waals surface area contributed by atoms with Crippen molar-refractivity contribution < 1.29 is 19.1 Å². The second-order valence-electron chi connectivity index (χ2n) is 6.50. The first-order valence-corrected chi connectivity index (χ1v) is 10.9. The Bertz CT molecular complexity index is 952. The summed E-state index contributed by atoms with van der Waals surface area (Å²) < 4.78 is 3.14. The fraction of sp³-hybridized carbons (Fsp3) is 0.350. The van der Waals surface area contributed by atoms with Gasteiger partial charge >= 0.3 is 5.97 Å². The fourth-order valence-electron chi connectivity index (χ4n) is 2.65. The van der Waals surface area contributed by atoms with E-state index in [4.69, 9.17) is 39.5 Å². The molecule has 0 fully saturated rings. The Morgan fingerprint density at radius 2 is 1.73 bits per heavy atom. The molecular formula is C20H21Cl3N2O4S. The predicted molar refractivity (Wildman–Crippen MR) is 121 cm³/mol. The number of anilines is 1. The molecule has 0 aliphatic carbocycles. The summed E-state index contributed by atoms with van der Waals surface area (Å²) in [6.07, 6.45) is -1.19. The zero-order valence-electron chi connectivity index (χ0n) is 16.8. The molecule has 1 heterocycles. The Morgan fingerprint density at radius 1 is 1.13 bits per heavy atom. The number of alkyl halides is 3. The SMILES string of the molecule is CCOC(=O)c1c(NC(NC(=O)c2ccc(C)cc2)C(Cl)(Cl)Cl)sc(C(C)=O)c1C. The van der Waals surface area contributed by atoms with Crippen LogP contribution in [0.3, 0.4) is 0 Å². The molecule has 2 aromatic rings. The monoisotopic (exact) mass is 490 g/mol. The summed E-state index contributed by atoms with van der Waals surface area (Å²) in [5.41, 5.74) is 1.99. The average Bonchev–Trinajstić information content (AvgIpc) is 2.97. The molecule has 1 unspecified atom stereocenters. The van der Waals surface area contributed by atoms with Crippen molar-refractivity contribution in [3.05, 3.63) is 51.4 Å². The van der Waals surface area contributed by atoms with E-state index in [0.717, 1.165) is 16.9 Å². The van der Waals surface area contributed by atoms with Gasteiger partial charge in [0.25, 0.3) is 5.91 Å². The molecule has 0 bridgehead atoms. The minimum absolute atomic E-state index is 0.154. The number of ether oxygens (including phenoxy) is 1. The number of thiophene rings is 1. The van der Waals surface area contributed by atoms with Crippen molar-refractivity contribution in [2.75, 3.05) is 11.9 Å². The van der Waals surface area contributed by atoms with E-state index in [1.165, 1.54) is 6.92 Å². The van der Waals surface area contributed by atoms with Crippen LogP contribution in [-0.2, 0) is 4.74 Å². The van der Waals surface area contributed by atoms with E-state index >= 15 is 0 Å². The first-order chi connectivity index (χ1) is 14.0. The number of hydrogen-bond donors (Lipinski definition) is 2. The second kappa shape index (κ2) is 10.0. The molecule has 1 atom stereocenters. The normalized spacial score (nSPS) is 12.2. The predicted octanol–water partition coefficient (Wildman–Crippen LogP) is 5.28. The summed E-state index contributed by atoms with van der Waals surface area (Å²) in [5.74, 6) is -1.31. The van der Waals surface area contributed by atoms with Crippen molar-refractivity contribution in [1.82, 2.24) is 5.32 Å². The van der Waals surface area contributed by atoms with Gasteiger partial charge in [-0.15, -0.1) is 11.3 Å². The third kappa shape index (κ3) is 5.88. The Kier molecular flexibility index (Phi) is 8.16. The molecule has 1 amide bonds. The van der Waals surface area contributed by atoms with Gasteiger partial charge in [0.1, 0.15) is 11.2 Å². The van der Waals surface area contributed by atoms with Crippen molar-refractivity contribution in [1.29, 1.82) is 0 Å². The average molecular weight is 492 g/mol. The number of aryl methyl sites for hydroxylation is 1. The number of halogens is 3. The quantitative estimate of drug-likeness (QED) is 0.238. The molecule has 10 heteroatoms. The van der Waals surface area contributed by atoms with Crippen LogP contribution in [0.2, 0.25) is 0 Å². The van der Waals surface area contributed by atoms with Gasteiger partial charge in [-0.1, -0.05) is 52.5 Å². The Balaban J connectivity index is 2.40. The lowest BCUT2D eigenvalue weighted by Gasteiger charge is -2.27. The van der Waals surface area contributed by atoms with Gasteiger partial charge in [-0.3, -0.25) is 9.59 Å². The minimum Gasteiger partial charge on any atom is -0.462 e. The maximum atomic E-state index is 12.6. The number of nitrogens with one attached hydrogen (secondary N) is 2. The molecule has 2 rings (SSSR count). The first-order valence-electron chi connectivity index (χ1n) is 8.97. The molecule has 2 N–H and O–H groups in total. The van der Waals surface area contributed by atoms with Gasteiger partial charge in [-0.2, -0.15) is 0 Å². The molecule has 0 radical (unpaired) electrons. The number of carbonyl (C=O) groups is 3. The number of rotatable bonds is 7. The molecule has 1 aromatic heterocycles. The molecule has 0 aliphatic heterocycles. The van der Waals surface area contributed by atoms with Gasteiger partial charge in [0, 0.05) is 5.56 Å². The van der Waals surface area contributed by atoms with Crippen LogP contribution in [0.15, 0.2) is 24.3 Å². The Hall–Kier alpha value is -1.80. The van der Waals surface area contributed by atoms with Crippen LogP contribution in [0.25, 0.3) is 0 Å². The van der Waals surface area contributed by atoms with E-state index in [0.29, 0.717) is 16.0 Å². The number of ketones is 1. The van der Waals surface area contributed by atoms with E-state index in [9.17, 15) is 14.4 Å². The lowest BCUT2D eigenvalue weighted by molar-refractivity contribution is 0.0527. The Labute approximate surface area is 193 Å². The molecule has 0 saturated carbocycles. The number of esters is 1. The summed E-state index contributed by atoms with van der Waals surface area (Å²) in [4.78, 5) is 37.4. The molecule has 162 valence electrons. The highest BCUT2D eigenvalue weighted by Crippen LogP contribution is 2.38. The highest BCUT2D eigenvalue weighted by molar-refractivity contribution is 7.18. The smallest absolute Gasteiger partial charge is 0.341 e. The van der Waals surface area contributed by atoms with Crippen LogP contribution in [0.4, 0.5) is 5.00 Å². The lowest BCUT2D eigenvalue weighted by Crippen LogP contribution is -2.49. The number of benzene rings is 1. The summed E-state index contributed by atoms with van der Waals surface area (Å²) in [6.45, 7) is 6.75. The first kappa shape index (κ1) is 24.5. The van der Waals surface area contributed by atoms with Gasteiger partial charge in [-0.25, -0.2) is 4.79 Å². The van der Waals surface area contributed by atoms with Gasteiger partial charge in [0.2, 0.25) is 3.79 Å². The van der Waals surface area contributed by atoms with Crippen molar-refractivity contribution in [2.45, 2.75) is 37.7 Å². The van der Waals surface area contributed by atoms with Gasteiger partial charge in [0.05, 0.1) is 17.0 Å². The van der Waals surface area contributed by atoms with E-state index < -0.39 is 21.8 Å². The largest absolute Gasteiger partial charge is 0.462 e. The standard InChI is InChI=1S/C20H21Cl3N2O4S/c1-5-29-18(28)14-11(3)15(12(4)26)30-17(14)25-19(20(21,22)23)24-16(27)13-8-6-10(2)7-9-13/h6-9,19,25H,5H2,1-4H3,(H,24,27). The molecule has 1 aromatic carbocycles. The molecular weight excluding hydrogens is 471 g/mol. The highest BCUT2D eigenvalue weighted by Gasteiger charge is 2.36. The zero-order chi connectivity index (χ0) is 22.6. The lowest BCUT2D eigenvalue weighted by atomic mass is 10.1. The summed E-state index contributed by atoms with van der Waals surface area (Å²) in [6, 6.07) is 6.86. The number of hydrogen-bond acceptors (Lipinski definition) is 6. The van der Waals surface area contributed by atoms with Crippen LogP contribution in [0.1, 0.15) is 55.4 Å². The van der Waals surface area contributed by atoms with Crippen LogP contribution in [0, 0.1) is 13.8 Å². The number of carbonyl (C=O) groups excluding carboxylic acids is 3. The highest BCUT2D eigenvalue weighted by atomic mass is 35.6. The van der Waals surface area contributed by atoms with E-state index in [1.807, 2.05) is 6.92 Å². The van der Waals surface area contributed by atoms with Crippen LogP contribution >= 0.6 is 46.1 Å². The molecule has 30 heavy (non-hydrogen) atoms. The molecule has 0 spiro atoms. The Morgan fingerprint density at radius 3 is 2.23 bits per heavy atom. The number of amides is 1. The van der Waals surface area contributed by atoms with E-state index in [-0.39, 0.29) is 23.0 Å². The van der Waals surface area contributed by atoms with Crippen LogP contribution < -0.4 is 10.6 Å². The topological polar surface area (TPSA) is 84.5 Å². The summed E-state index contributed by atoms with van der Waals surface area (Å²) in [5, 5.41) is 5.77.